The lowest BCUT2D eigenvalue weighted by molar-refractivity contribution is -0.299. The second kappa shape index (κ2) is 11.7. The van der Waals surface area contributed by atoms with Crippen molar-refractivity contribution < 1.29 is 63.9 Å². The van der Waals surface area contributed by atoms with E-state index in [1.807, 2.05) is 13.8 Å². The van der Waals surface area contributed by atoms with E-state index >= 15 is 0 Å². The highest BCUT2D eigenvalue weighted by Gasteiger charge is 2.61. The molecule has 10 atom stereocenters. The van der Waals surface area contributed by atoms with Gasteiger partial charge in [-0.25, -0.2) is 0 Å². The van der Waals surface area contributed by atoms with Crippen LogP contribution in [0.4, 0.5) is 0 Å². The maximum absolute atomic E-state index is 12.3. The Morgan fingerprint density at radius 3 is 2.44 bits per heavy atom. The lowest BCUT2D eigenvalue weighted by Crippen LogP contribution is -2.59. The monoisotopic (exact) mass is 520 g/mol. The van der Waals surface area contributed by atoms with Gasteiger partial charge in [0.2, 0.25) is 6.29 Å². The number of fused-ring (bicyclic) bond motifs is 1. The fourth-order valence-electron chi connectivity index (χ4n) is 4.84. The first-order valence-electron chi connectivity index (χ1n) is 11.9. The van der Waals surface area contributed by atoms with Crippen LogP contribution in [-0.2, 0) is 33.3 Å². The third-order valence-corrected chi connectivity index (χ3v) is 6.78. The van der Waals surface area contributed by atoms with Crippen molar-refractivity contribution in [2.75, 3.05) is 19.8 Å². The van der Waals surface area contributed by atoms with Crippen LogP contribution in [0.3, 0.4) is 0 Å². The normalized spacial score (nSPS) is 40.3. The number of carbonyl (C=O) groups excluding carboxylic acids is 2. The molecule has 2 heterocycles. The highest BCUT2D eigenvalue weighted by Crippen LogP contribution is 2.49. The Morgan fingerprint density at radius 2 is 1.83 bits per heavy atom. The van der Waals surface area contributed by atoms with Gasteiger partial charge >= 0.3 is 11.9 Å². The SMILES string of the molecule is CC(=O)OC[C@]1(O)[C@H]2[C@H](OC(=O)CC(C)C)OC=C(CO[C@H]3O[C@@H](CO)[C@H](O)[C@@H](O)[C@@H]3O)[C@H]2C[C@@H]1O. The molecule has 13 nitrogen and oxygen atoms in total. The summed E-state index contributed by atoms with van der Waals surface area (Å²) in [6.45, 7) is 3.37. The van der Waals surface area contributed by atoms with E-state index in [0.29, 0.717) is 5.57 Å². The number of rotatable bonds is 9. The number of esters is 2. The Labute approximate surface area is 208 Å². The molecule has 0 aromatic rings. The predicted molar refractivity (Wildman–Crippen MR) is 117 cm³/mol. The fraction of sp³-hybridized carbons (Fsp3) is 0.826. The Kier molecular flexibility index (Phi) is 9.33. The molecular formula is C23H36O13. The zero-order chi connectivity index (χ0) is 26.8. The number of ether oxygens (including phenoxy) is 5. The molecule has 0 radical (unpaired) electrons. The minimum absolute atomic E-state index is 0.00373. The first kappa shape index (κ1) is 28.7. The second-order valence-electron chi connectivity index (χ2n) is 9.95. The lowest BCUT2D eigenvalue weighted by atomic mass is 9.80. The van der Waals surface area contributed by atoms with Crippen molar-refractivity contribution in [3.8, 4) is 0 Å². The molecule has 206 valence electrons. The van der Waals surface area contributed by atoms with Gasteiger partial charge in [0.15, 0.2) is 6.29 Å². The highest BCUT2D eigenvalue weighted by atomic mass is 16.7. The van der Waals surface area contributed by atoms with Gasteiger partial charge in [-0.05, 0) is 17.9 Å². The summed E-state index contributed by atoms with van der Waals surface area (Å²) in [5, 5.41) is 61.6. The summed E-state index contributed by atoms with van der Waals surface area (Å²) in [5.74, 6) is -2.91. The minimum atomic E-state index is -2.00. The van der Waals surface area contributed by atoms with Gasteiger partial charge in [0.05, 0.1) is 31.5 Å². The number of carbonyl (C=O) groups is 2. The highest BCUT2D eigenvalue weighted by molar-refractivity contribution is 5.69. The molecule has 1 saturated carbocycles. The summed E-state index contributed by atoms with van der Waals surface area (Å²) >= 11 is 0. The van der Waals surface area contributed by atoms with Crippen LogP contribution in [0.5, 0.6) is 0 Å². The van der Waals surface area contributed by atoms with Crippen LogP contribution >= 0.6 is 0 Å². The average molecular weight is 521 g/mol. The largest absolute Gasteiger partial charge is 0.463 e. The molecule has 0 bridgehead atoms. The van der Waals surface area contributed by atoms with Crippen LogP contribution < -0.4 is 0 Å². The molecule has 0 aromatic carbocycles. The average Bonchev–Trinajstić information content (AvgIpc) is 3.07. The minimum Gasteiger partial charge on any atom is -0.463 e. The van der Waals surface area contributed by atoms with Crippen molar-refractivity contribution in [1.82, 2.24) is 0 Å². The van der Waals surface area contributed by atoms with Gasteiger partial charge in [-0.1, -0.05) is 13.8 Å². The van der Waals surface area contributed by atoms with Gasteiger partial charge in [0, 0.05) is 19.3 Å². The van der Waals surface area contributed by atoms with Crippen LogP contribution in [0, 0.1) is 17.8 Å². The van der Waals surface area contributed by atoms with Gasteiger partial charge in [-0.2, -0.15) is 0 Å². The van der Waals surface area contributed by atoms with Gasteiger partial charge in [-0.3, -0.25) is 9.59 Å². The topological polar surface area (TPSA) is 202 Å². The number of hydrogen-bond acceptors (Lipinski definition) is 13. The smallest absolute Gasteiger partial charge is 0.309 e. The number of aliphatic hydroxyl groups is 6. The lowest BCUT2D eigenvalue weighted by Gasteiger charge is -2.41. The fourth-order valence-corrected chi connectivity index (χ4v) is 4.84. The molecule has 36 heavy (non-hydrogen) atoms. The number of aliphatic hydroxyl groups excluding tert-OH is 5. The van der Waals surface area contributed by atoms with Crippen LogP contribution in [0.25, 0.3) is 0 Å². The zero-order valence-electron chi connectivity index (χ0n) is 20.4. The summed E-state index contributed by atoms with van der Waals surface area (Å²) in [4.78, 5) is 23.8. The van der Waals surface area contributed by atoms with E-state index < -0.39 is 85.7 Å². The molecule has 3 aliphatic rings. The molecule has 0 unspecified atom stereocenters. The van der Waals surface area contributed by atoms with Crippen molar-refractivity contribution in [2.24, 2.45) is 17.8 Å². The predicted octanol–water partition coefficient (Wildman–Crippen LogP) is -2.08. The standard InChI is InChI=1S/C23H36O13/c1-10(2)4-16(27)36-21-17-13(5-15(26)23(17,31)9-34-11(3)25)12(7-32-21)8-33-22-20(30)19(29)18(28)14(6-24)35-22/h7,10,13-15,17-22,24,26,28-31H,4-6,8-9H2,1-3H3/t13-,14+,15+,17-,18+,19-,20+,21+,22+,23-/m1/s1. The van der Waals surface area contributed by atoms with Crippen LogP contribution in [0.2, 0.25) is 0 Å². The van der Waals surface area contributed by atoms with Gasteiger partial charge < -0.3 is 54.3 Å². The molecule has 0 amide bonds. The summed E-state index contributed by atoms with van der Waals surface area (Å²) < 4.78 is 27.0. The zero-order valence-corrected chi connectivity index (χ0v) is 20.4. The van der Waals surface area contributed by atoms with E-state index in [1.54, 1.807) is 0 Å². The van der Waals surface area contributed by atoms with Crippen LogP contribution in [0.1, 0.15) is 33.6 Å². The van der Waals surface area contributed by atoms with Gasteiger partial charge in [0.1, 0.15) is 36.6 Å². The summed E-state index contributed by atoms with van der Waals surface area (Å²) in [6.07, 6.45) is -8.66. The van der Waals surface area contributed by atoms with E-state index in [4.69, 9.17) is 23.7 Å². The molecule has 13 heteroatoms. The molecule has 6 N–H and O–H groups in total. The van der Waals surface area contributed by atoms with Gasteiger partial charge in [0.25, 0.3) is 0 Å². The summed E-state index contributed by atoms with van der Waals surface area (Å²) in [7, 11) is 0. The van der Waals surface area contributed by atoms with Crippen molar-refractivity contribution in [1.29, 1.82) is 0 Å². The van der Waals surface area contributed by atoms with E-state index in [2.05, 4.69) is 0 Å². The maximum Gasteiger partial charge on any atom is 0.309 e. The maximum atomic E-state index is 12.3. The molecule has 3 rings (SSSR count). The van der Waals surface area contributed by atoms with Crippen LogP contribution in [0.15, 0.2) is 11.8 Å². The van der Waals surface area contributed by atoms with E-state index in [-0.39, 0.29) is 25.4 Å². The third-order valence-electron chi connectivity index (χ3n) is 6.78. The van der Waals surface area contributed by atoms with E-state index in [0.717, 1.165) is 6.92 Å². The molecular weight excluding hydrogens is 484 g/mol. The van der Waals surface area contributed by atoms with E-state index in [1.165, 1.54) is 6.26 Å². The number of hydrogen-bond donors (Lipinski definition) is 6. The van der Waals surface area contributed by atoms with Crippen molar-refractivity contribution >= 4 is 11.9 Å². The molecule has 0 spiro atoms. The van der Waals surface area contributed by atoms with Crippen molar-refractivity contribution in [2.45, 2.75) is 82.3 Å². The molecule has 2 aliphatic heterocycles. The Bertz CT molecular complexity index is 814. The molecule has 1 aliphatic carbocycles. The Hall–Kier alpha value is -1.84. The molecule has 2 fully saturated rings. The van der Waals surface area contributed by atoms with Crippen LogP contribution in [-0.4, -0.2) is 111 Å². The van der Waals surface area contributed by atoms with E-state index in [9.17, 15) is 40.2 Å². The van der Waals surface area contributed by atoms with Crippen molar-refractivity contribution in [3.63, 3.8) is 0 Å². The second-order valence-corrected chi connectivity index (χ2v) is 9.95. The third kappa shape index (κ3) is 6.00. The molecule has 1 saturated heterocycles. The quantitative estimate of drug-likeness (QED) is 0.181. The Morgan fingerprint density at radius 1 is 1.14 bits per heavy atom. The summed E-state index contributed by atoms with van der Waals surface area (Å²) in [6, 6.07) is 0. The molecule has 0 aromatic heterocycles. The first-order valence-corrected chi connectivity index (χ1v) is 11.9. The first-order chi connectivity index (χ1) is 16.9. The Balaban J connectivity index is 1.79. The summed E-state index contributed by atoms with van der Waals surface area (Å²) in [5.41, 5.74) is -1.59. The van der Waals surface area contributed by atoms with Gasteiger partial charge in [-0.15, -0.1) is 0 Å². The van der Waals surface area contributed by atoms with Crippen molar-refractivity contribution in [3.05, 3.63) is 11.8 Å².